The van der Waals surface area contributed by atoms with Crippen molar-refractivity contribution in [2.24, 2.45) is 0 Å². The van der Waals surface area contributed by atoms with Crippen LogP contribution in [0.15, 0.2) is 34.5 Å². The van der Waals surface area contributed by atoms with Crippen molar-refractivity contribution in [1.82, 2.24) is 14.2 Å². The third-order valence-electron chi connectivity index (χ3n) is 4.53. The maximum Gasteiger partial charge on any atom is 0.273 e. The Morgan fingerprint density at radius 2 is 1.86 bits per heavy atom. The molecule has 11 heteroatoms. The van der Waals surface area contributed by atoms with Crippen LogP contribution in [0.1, 0.15) is 10.5 Å². The van der Waals surface area contributed by atoms with Gasteiger partial charge < -0.3 is 19.7 Å². The van der Waals surface area contributed by atoms with E-state index in [2.05, 4.69) is 10.3 Å². The number of carbonyl (C=O) groups is 1. The Bertz CT molecular complexity index is 922. The Kier molecular flexibility index (Phi) is 7.06. The van der Waals surface area contributed by atoms with Gasteiger partial charge in [-0.05, 0) is 24.3 Å². The molecular formula is C18H24N4O5S2. The van der Waals surface area contributed by atoms with E-state index in [9.17, 15) is 13.2 Å². The Morgan fingerprint density at radius 3 is 2.48 bits per heavy atom. The predicted octanol–water partition coefficient (Wildman–Crippen LogP) is 1.36. The van der Waals surface area contributed by atoms with Crippen LogP contribution >= 0.6 is 11.3 Å². The van der Waals surface area contributed by atoms with Crippen LogP contribution in [-0.2, 0) is 14.8 Å². The van der Waals surface area contributed by atoms with E-state index in [4.69, 9.17) is 9.47 Å². The molecule has 1 saturated heterocycles. The van der Waals surface area contributed by atoms with Crippen molar-refractivity contribution in [3.63, 3.8) is 0 Å². The van der Waals surface area contributed by atoms with E-state index in [-0.39, 0.29) is 23.9 Å². The highest BCUT2D eigenvalue weighted by Gasteiger charge is 2.31. The van der Waals surface area contributed by atoms with Crippen LogP contribution in [0.5, 0.6) is 5.75 Å². The van der Waals surface area contributed by atoms with Gasteiger partial charge in [0.2, 0.25) is 10.0 Å². The average Bonchev–Trinajstić information content (AvgIpc) is 3.22. The minimum Gasteiger partial charge on any atom is -0.497 e. The number of hydrogen-bond acceptors (Lipinski definition) is 8. The molecule has 0 radical (unpaired) electrons. The highest BCUT2D eigenvalue weighted by molar-refractivity contribution is 7.89. The molecule has 9 nitrogen and oxygen atoms in total. The second kappa shape index (κ2) is 9.53. The van der Waals surface area contributed by atoms with E-state index in [0.29, 0.717) is 42.8 Å². The van der Waals surface area contributed by atoms with Crippen LogP contribution in [0.4, 0.5) is 5.13 Å². The SMILES string of the molecule is COCCNc1nc(C(=O)N2CCN(S(=O)(=O)c3ccc(OC)cc3)CC2)cs1. The van der Waals surface area contributed by atoms with Crippen molar-refractivity contribution in [3.05, 3.63) is 35.3 Å². The molecular weight excluding hydrogens is 416 g/mol. The Hall–Kier alpha value is -2.21. The lowest BCUT2D eigenvalue weighted by molar-refractivity contribution is 0.0693. The van der Waals surface area contributed by atoms with Gasteiger partial charge in [-0.3, -0.25) is 4.79 Å². The van der Waals surface area contributed by atoms with E-state index >= 15 is 0 Å². The molecule has 0 atom stereocenters. The molecule has 0 spiro atoms. The number of anilines is 1. The van der Waals surface area contributed by atoms with Gasteiger partial charge in [0.15, 0.2) is 5.13 Å². The van der Waals surface area contributed by atoms with Crippen molar-refractivity contribution < 1.29 is 22.7 Å². The van der Waals surface area contributed by atoms with E-state index in [0.717, 1.165) is 0 Å². The number of ether oxygens (including phenoxy) is 2. The summed E-state index contributed by atoms with van der Waals surface area (Å²) in [5.74, 6) is 0.404. The van der Waals surface area contributed by atoms with Gasteiger partial charge in [0.1, 0.15) is 11.4 Å². The number of sulfonamides is 1. The average molecular weight is 441 g/mol. The molecule has 2 heterocycles. The van der Waals surface area contributed by atoms with Crippen molar-refractivity contribution in [2.75, 3.05) is 58.9 Å². The van der Waals surface area contributed by atoms with Gasteiger partial charge >= 0.3 is 0 Å². The summed E-state index contributed by atoms with van der Waals surface area (Å²) in [6.07, 6.45) is 0. The summed E-state index contributed by atoms with van der Waals surface area (Å²) in [5, 5.41) is 5.46. The maximum absolute atomic E-state index is 12.8. The molecule has 1 aromatic heterocycles. The Morgan fingerprint density at radius 1 is 1.17 bits per heavy atom. The smallest absolute Gasteiger partial charge is 0.273 e. The fraction of sp³-hybridized carbons (Fsp3) is 0.444. The molecule has 2 aromatic rings. The lowest BCUT2D eigenvalue weighted by Crippen LogP contribution is -2.50. The molecule has 1 aliphatic rings. The number of nitrogens with zero attached hydrogens (tertiary/aromatic N) is 3. The summed E-state index contributed by atoms with van der Waals surface area (Å²) in [6.45, 7) is 2.27. The second-order valence-electron chi connectivity index (χ2n) is 6.33. The fourth-order valence-electron chi connectivity index (χ4n) is 2.90. The predicted molar refractivity (Wildman–Crippen MR) is 110 cm³/mol. The third kappa shape index (κ3) is 5.04. The van der Waals surface area contributed by atoms with Crippen molar-refractivity contribution in [3.8, 4) is 5.75 Å². The zero-order chi connectivity index (χ0) is 20.9. The first-order chi connectivity index (χ1) is 14.0. The quantitative estimate of drug-likeness (QED) is 0.619. The van der Waals surface area contributed by atoms with Crippen LogP contribution in [0, 0.1) is 0 Å². The molecule has 1 aromatic carbocycles. The Balaban J connectivity index is 1.58. The number of hydrogen-bond donors (Lipinski definition) is 1. The number of piperazine rings is 1. The summed E-state index contributed by atoms with van der Waals surface area (Å²) >= 11 is 1.36. The summed E-state index contributed by atoms with van der Waals surface area (Å²) in [4.78, 5) is 18.8. The summed E-state index contributed by atoms with van der Waals surface area (Å²) in [6, 6.07) is 6.29. The lowest BCUT2D eigenvalue weighted by atomic mass is 10.3. The zero-order valence-corrected chi connectivity index (χ0v) is 18.0. The van der Waals surface area contributed by atoms with Crippen LogP contribution in [-0.4, -0.2) is 82.1 Å². The van der Waals surface area contributed by atoms with Gasteiger partial charge in [-0.1, -0.05) is 0 Å². The van der Waals surface area contributed by atoms with Crippen molar-refractivity contribution in [2.45, 2.75) is 4.90 Å². The van der Waals surface area contributed by atoms with Crippen LogP contribution < -0.4 is 10.1 Å². The molecule has 0 aliphatic carbocycles. The molecule has 3 rings (SSSR count). The number of rotatable bonds is 8. The number of methoxy groups -OCH3 is 2. The van der Waals surface area contributed by atoms with Crippen LogP contribution in [0.2, 0.25) is 0 Å². The number of nitrogens with one attached hydrogen (secondary N) is 1. The standard InChI is InChI=1S/C18H24N4O5S2/c1-26-12-7-19-18-20-16(13-28-18)17(23)21-8-10-22(11-9-21)29(24,25)15-5-3-14(27-2)4-6-15/h3-6,13H,7-12H2,1-2H3,(H,19,20). The first-order valence-corrected chi connectivity index (χ1v) is 11.4. The van der Waals surface area contributed by atoms with Gasteiger partial charge in [-0.15, -0.1) is 11.3 Å². The van der Waals surface area contributed by atoms with E-state index < -0.39 is 10.0 Å². The topological polar surface area (TPSA) is 101 Å². The molecule has 0 unspecified atom stereocenters. The molecule has 1 amide bonds. The lowest BCUT2D eigenvalue weighted by Gasteiger charge is -2.33. The highest BCUT2D eigenvalue weighted by Crippen LogP contribution is 2.22. The molecule has 29 heavy (non-hydrogen) atoms. The number of thiazole rings is 1. The van der Waals surface area contributed by atoms with E-state index in [1.165, 1.54) is 34.9 Å². The van der Waals surface area contributed by atoms with Gasteiger partial charge in [0, 0.05) is 45.2 Å². The summed E-state index contributed by atoms with van der Waals surface area (Å²) in [5.41, 5.74) is 0.362. The monoisotopic (exact) mass is 440 g/mol. The maximum atomic E-state index is 12.8. The molecule has 1 fully saturated rings. The largest absolute Gasteiger partial charge is 0.497 e. The summed E-state index contributed by atoms with van der Waals surface area (Å²) in [7, 11) is -0.459. The number of amides is 1. The normalized spacial score (nSPS) is 15.3. The first-order valence-electron chi connectivity index (χ1n) is 9.07. The molecule has 0 saturated carbocycles. The zero-order valence-electron chi connectivity index (χ0n) is 16.3. The highest BCUT2D eigenvalue weighted by atomic mass is 32.2. The summed E-state index contributed by atoms with van der Waals surface area (Å²) < 4.78 is 37.1. The number of carbonyl (C=O) groups excluding carboxylic acids is 1. The minimum absolute atomic E-state index is 0.192. The fourth-order valence-corrected chi connectivity index (χ4v) is 5.04. The van der Waals surface area contributed by atoms with Crippen molar-refractivity contribution in [1.29, 1.82) is 0 Å². The first kappa shape index (κ1) is 21.5. The second-order valence-corrected chi connectivity index (χ2v) is 9.13. The van der Waals surface area contributed by atoms with Gasteiger partial charge in [0.05, 0.1) is 18.6 Å². The van der Waals surface area contributed by atoms with E-state index in [1.807, 2.05) is 0 Å². The minimum atomic E-state index is -3.61. The third-order valence-corrected chi connectivity index (χ3v) is 7.24. The molecule has 0 bridgehead atoms. The number of benzene rings is 1. The molecule has 1 aliphatic heterocycles. The molecule has 158 valence electrons. The van der Waals surface area contributed by atoms with Gasteiger partial charge in [0.25, 0.3) is 5.91 Å². The Labute approximate surface area is 174 Å². The van der Waals surface area contributed by atoms with Crippen molar-refractivity contribution >= 4 is 32.4 Å². The van der Waals surface area contributed by atoms with Crippen LogP contribution in [0.3, 0.4) is 0 Å². The number of aromatic nitrogens is 1. The molecule has 1 N–H and O–H groups in total. The van der Waals surface area contributed by atoms with Gasteiger partial charge in [-0.2, -0.15) is 4.31 Å². The van der Waals surface area contributed by atoms with Gasteiger partial charge in [-0.25, -0.2) is 13.4 Å². The van der Waals surface area contributed by atoms with Crippen LogP contribution in [0.25, 0.3) is 0 Å². The van der Waals surface area contributed by atoms with E-state index in [1.54, 1.807) is 29.5 Å².